The molecule has 1 amide bonds. The van der Waals surface area contributed by atoms with Crippen LogP contribution >= 0.6 is 0 Å². The maximum Gasteiger partial charge on any atom is 0.405 e. The Hall–Kier alpha value is -3.69. The van der Waals surface area contributed by atoms with Gasteiger partial charge < -0.3 is 15.6 Å². The van der Waals surface area contributed by atoms with Crippen LogP contribution in [0.3, 0.4) is 0 Å². The molecule has 4 rings (SSSR count). The number of carbonyl (C=O) groups is 1. The fourth-order valence-electron chi connectivity index (χ4n) is 3.07. The lowest BCUT2D eigenvalue weighted by molar-refractivity contribution is -0.138. The molecule has 0 aliphatic rings. The Bertz CT molecular complexity index is 1220. The normalized spacial score (nSPS) is 12.8. The predicted octanol–water partition coefficient (Wildman–Crippen LogP) is 3.65. The number of halogens is 3. The third-order valence-corrected chi connectivity index (χ3v) is 4.51. The molecule has 0 aliphatic carbocycles. The standard InChI is InChI=1S/C20H17F3N6O/c1-11(19(30)26-10-20(21,22)23)27-18-14-4-2-3-5-15(14)28-17(29-18)13-7-9-25-16-12(13)6-8-24-16/h2-9,11H,10H2,1H3,(H,24,25)(H,26,30)(H,27,28,29)/t11-/m0/s1. The highest BCUT2D eigenvalue weighted by molar-refractivity contribution is 5.96. The second-order valence-electron chi connectivity index (χ2n) is 6.71. The fraction of sp³-hybridized carbons (Fsp3) is 0.200. The maximum atomic E-state index is 12.4. The third-order valence-electron chi connectivity index (χ3n) is 4.51. The first-order valence-corrected chi connectivity index (χ1v) is 9.12. The first-order chi connectivity index (χ1) is 14.3. The van der Waals surface area contributed by atoms with Gasteiger partial charge in [-0.2, -0.15) is 13.2 Å². The first kappa shape index (κ1) is 19.6. The van der Waals surface area contributed by atoms with E-state index in [0.29, 0.717) is 28.2 Å². The van der Waals surface area contributed by atoms with E-state index < -0.39 is 24.7 Å². The van der Waals surface area contributed by atoms with Gasteiger partial charge in [-0.1, -0.05) is 12.1 Å². The van der Waals surface area contributed by atoms with Crippen molar-refractivity contribution < 1.29 is 18.0 Å². The summed E-state index contributed by atoms with van der Waals surface area (Å²) in [5.74, 6) is -0.0228. The number of carbonyl (C=O) groups excluding carboxylic acids is 1. The van der Waals surface area contributed by atoms with Gasteiger partial charge in [0.05, 0.1) is 5.52 Å². The number of benzene rings is 1. The van der Waals surface area contributed by atoms with Gasteiger partial charge >= 0.3 is 6.18 Å². The van der Waals surface area contributed by atoms with Crippen molar-refractivity contribution in [3.05, 3.63) is 48.8 Å². The Morgan fingerprint density at radius 3 is 2.73 bits per heavy atom. The molecular weight excluding hydrogens is 397 g/mol. The zero-order valence-corrected chi connectivity index (χ0v) is 15.8. The molecule has 154 valence electrons. The number of pyridine rings is 1. The van der Waals surface area contributed by atoms with E-state index in [1.165, 1.54) is 6.92 Å². The van der Waals surface area contributed by atoms with Gasteiger partial charge in [0.1, 0.15) is 24.1 Å². The van der Waals surface area contributed by atoms with E-state index in [9.17, 15) is 18.0 Å². The lowest BCUT2D eigenvalue weighted by atomic mass is 10.1. The van der Waals surface area contributed by atoms with Crippen molar-refractivity contribution in [2.75, 3.05) is 11.9 Å². The molecule has 30 heavy (non-hydrogen) atoms. The van der Waals surface area contributed by atoms with E-state index in [-0.39, 0.29) is 0 Å². The SMILES string of the molecule is C[C@H](Nc1nc(-c2ccnc3[nH]ccc23)nc2ccccc12)C(=O)NCC(F)(F)F. The molecule has 3 aromatic heterocycles. The number of hydrogen-bond acceptors (Lipinski definition) is 5. The van der Waals surface area contributed by atoms with Crippen molar-refractivity contribution in [1.82, 2.24) is 25.3 Å². The highest BCUT2D eigenvalue weighted by atomic mass is 19.4. The van der Waals surface area contributed by atoms with Gasteiger partial charge in [0.25, 0.3) is 0 Å². The van der Waals surface area contributed by atoms with Crippen LogP contribution in [0.5, 0.6) is 0 Å². The summed E-state index contributed by atoms with van der Waals surface area (Å²) in [6, 6.07) is 9.89. The van der Waals surface area contributed by atoms with Crippen LogP contribution in [0.2, 0.25) is 0 Å². The smallest absolute Gasteiger partial charge is 0.358 e. The zero-order chi connectivity index (χ0) is 21.3. The highest BCUT2D eigenvalue weighted by Gasteiger charge is 2.29. The van der Waals surface area contributed by atoms with Gasteiger partial charge in [-0.3, -0.25) is 4.79 Å². The summed E-state index contributed by atoms with van der Waals surface area (Å²) in [6.45, 7) is 0.0785. The molecule has 1 aromatic carbocycles. The van der Waals surface area contributed by atoms with E-state index in [1.807, 2.05) is 17.4 Å². The van der Waals surface area contributed by atoms with Gasteiger partial charge in [0.2, 0.25) is 5.91 Å². The maximum absolute atomic E-state index is 12.4. The molecule has 3 heterocycles. The second-order valence-corrected chi connectivity index (χ2v) is 6.71. The molecule has 0 radical (unpaired) electrons. The monoisotopic (exact) mass is 414 g/mol. The van der Waals surface area contributed by atoms with Crippen LogP contribution in [0, 0.1) is 0 Å². The number of anilines is 1. The number of aromatic amines is 1. The van der Waals surface area contributed by atoms with E-state index >= 15 is 0 Å². The van der Waals surface area contributed by atoms with Gasteiger partial charge in [-0.25, -0.2) is 15.0 Å². The molecule has 10 heteroatoms. The summed E-state index contributed by atoms with van der Waals surface area (Å²) < 4.78 is 37.2. The molecule has 7 nitrogen and oxygen atoms in total. The number of para-hydroxylation sites is 1. The van der Waals surface area contributed by atoms with E-state index in [0.717, 1.165) is 10.9 Å². The molecule has 3 N–H and O–H groups in total. The van der Waals surface area contributed by atoms with Gasteiger partial charge in [0, 0.05) is 28.7 Å². The summed E-state index contributed by atoms with van der Waals surface area (Å²) >= 11 is 0. The minimum absolute atomic E-state index is 0.353. The summed E-state index contributed by atoms with van der Waals surface area (Å²) in [5, 5.41) is 6.27. The molecular formula is C20H17F3N6O. The van der Waals surface area contributed by atoms with Crippen molar-refractivity contribution in [3.63, 3.8) is 0 Å². The van der Waals surface area contributed by atoms with Crippen molar-refractivity contribution in [2.24, 2.45) is 0 Å². The molecule has 0 fully saturated rings. The number of alkyl halides is 3. The highest BCUT2D eigenvalue weighted by Crippen LogP contribution is 2.29. The number of amides is 1. The van der Waals surface area contributed by atoms with Crippen LogP contribution in [0.25, 0.3) is 33.3 Å². The minimum Gasteiger partial charge on any atom is -0.358 e. The average molecular weight is 414 g/mol. The summed E-state index contributed by atoms with van der Waals surface area (Å²) in [6.07, 6.45) is -1.09. The topological polar surface area (TPSA) is 95.6 Å². The molecule has 0 saturated heterocycles. The Kier molecular flexibility index (Phi) is 4.98. The fourth-order valence-corrected chi connectivity index (χ4v) is 3.07. The van der Waals surface area contributed by atoms with Crippen LogP contribution in [0.15, 0.2) is 48.8 Å². The number of fused-ring (bicyclic) bond motifs is 2. The molecule has 4 aromatic rings. The average Bonchev–Trinajstić information content (AvgIpc) is 3.20. The Morgan fingerprint density at radius 1 is 1.13 bits per heavy atom. The lowest BCUT2D eigenvalue weighted by Gasteiger charge is -2.17. The van der Waals surface area contributed by atoms with Crippen molar-refractivity contribution in [3.8, 4) is 11.4 Å². The molecule has 0 saturated carbocycles. The van der Waals surface area contributed by atoms with Crippen LogP contribution in [0.4, 0.5) is 19.0 Å². The second kappa shape index (κ2) is 7.62. The lowest BCUT2D eigenvalue weighted by Crippen LogP contribution is -2.42. The summed E-state index contributed by atoms with van der Waals surface area (Å²) in [5.41, 5.74) is 2.05. The van der Waals surface area contributed by atoms with E-state index in [2.05, 4.69) is 25.3 Å². The van der Waals surface area contributed by atoms with Crippen LogP contribution in [0.1, 0.15) is 6.92 Å². The van der Waals surface area contributed by atoms with E-state index in [1.54, 1.807) is 36.7 Å². The molecule has 1 atom stereocenters. The molecule has 0 spiro atoms. The minimum atomic E-state index is -4.48. The number of H-pyrrole nitrogens is 1. The van der Waals surface area contributed by atoms with Crippen molar-refractivity contribution in [2.45, 2.75) is 19.1 Å². The number of nitrogens with zero attached hydrogens (tertiary/aromatic N) is 3. The van der Waals surface area contributed by atoms with Crippen LogP contribution in [-0.2, 0) is 4.79 Å². The number of rotatable bonds is 5. The van der Waals surface area contributed by atoms with Crippen LogP contribution < -0.4 is 10.6 Å². The largest absolute Gasteiger partial charge is 0.405 e. The van der Waals surface area contributed by atoms with Crippen LogP contribution in [-0.4, -0.2) is 44.6 Å². The Balaban J connectivity index is 1.71. The predicted molar refractivity (Wildman–Crippen MR) is 107 cm³/mol. The zero-order valence-electron chi connectivity index (χ0n) is 15.8. The molecule has 0 unspecified atom stereocenters. The number of nitrogens with one attached hydrogen (secondary N) is 3. The summed E-state index contributed by atoms with van der Waals surface area (Å²) in [4.78, 5) is 28.6. The Labute approximate surface area is 168 Å². The quantitative estimate of drug-likeness (QED) is 0.463. The molecule has 0 bridgehead atoms. The molecule has 0 aliphatic heterocycles. The first-order valence-electron chi connectivity index (χ1n) is 9.12. The van der Waals surface area contributed by atoms with E-state index in [4.69, 9.17) is 0 Å². The van der Waals surface area contributed by atoms with Crippen molar-refractivity contribution >= 4 is 33.7 Å². The third kappa shape index (κ3) is 4.02. The van der Waals surface area contributed by atoms with Gasteiger partial charge in [-0.05, 0) is 31.2 Å². The Morgan fingerprint density at radius 2 is 1.93 bits per heavy atom. The van der Waals surface area contributed by atoms with Crippen molar-refractivity contribution in [1.29, 1.82) is 0 Å². The van der Waals surface area contributed by atoms with Gasteiger partial charge in [-0.15, -0.1) is 0 Å². The number of aromatic nitrogens is 4. The number of hydrogen-bond donors (Lipinski definition) is 3. The summed E-state index contributed by atoms with van der Waals surface area (Å²) in [7, 11) is 0. The van der Waals surface area contributed by atoms with Gasteiger partial charge in [0.15, 0.2) is 5.82 Å².